The molecule has 5 unspecified atom stereocenters. The lowest BCUT2D eigenvalue weighted by atomic mass is 10.0. The molecule has 11 nitrogen and oxygen atoms in total. The number of nitrogens with one attached hydrogen (secondary N) is 4. The van der Waals surface area contributed by atoms with Gasteiger partial charge in [-0.15, -0.1) is 0 Å². The molecule has 1 fully saturated rings. The Kier molecular flexibility index (Phi) is 9.65. The highest BCUT2D eigenvalue weighted by Crippen LogP contribution is 2.26. The van der Waals surface area contributed by atoms with Crippen molar-refractivity contribution < 1.29 is 29.1 Å². The fraction of sp³-hybridized carbons (Fsp3) is 0.480. The molecule has 0 aliphatic carbocycles. The van der Waals surface area contributed by atoms with E-state index in [1.54, 1.807) is 44.2 Å². The fourth-order valence-electron chi connectivity index (χ4n) is 4.27. The first-order chi connectivity index (χ1) is 17.7. The van der Waals surface area contributed by atoms with Gasteiger partial charge < -0.3 is 31.3 Å². The molecule has 3 rings (SSSR count). The number of aliphatic hydroxyl groups excluding tert-OH is 1. The van der Waals surface area contributed by atoms with Crippen molar-refractivity contribution in [3.63, 3.8) is 0 Å². The van der Waals surface area contributed by atoms with Crippen LogP contribution in [0.5, 0.6) is 0 Å². The van der Waals surface area contributed by atoms with Gasteiger partial charge in [-0.2, -0.15) is 0 Å². The summed E-state index contributed by atoms with van der Waals surface area (Å²) in [6.45, 7) is 2.70. The van der Waals surface area contributed by atoms with Crippen LogP contribution >= 0.6 is 11.6 Å². The van der Waals surface area contributed by atoms with Gasteiger partial charge in [-0.05, 0) is 18.4 Å². The molecule has 0 spiro atoms. The molecule has 1 aromatic carbocycles. The molecule has 2 aliphatic rings. The van der Waals surface area contributed by atoms with Crippen molar-refractivity contribution in [3.05, 3.63) is 47.1 Å². The van der Waals surface area contributed by atoms with Crippen molar-refractivity contribution in [2.75, 3.05) is 6.61 Å². The second-order valence-corrected chi connectivity index (χ2v) is 9.44. The van der Waals surface area contributed by atoms with Crippen LogP contribution in [0.2, 0.25) is 0 Å². The molecule has 5 N–H and O–H groups in total. The van der Waals surface area contributed by atoms with Crippen LogP contribution in [0.4, 0.5) is 0 Å². The zero-order valence-electron chi connectivity index (χ0n) is 20.7. The maximum absolute atomic E-state index is 13.3. The van der Waals surface area contributed by atoms with Gasteiger partial charge in [-0.1, -0.05) is 55.8 Å². The van der Waals surface area contributed by atoms with Gasteiger partial charge in [0, 0.05) is 17.7 Å². The van der Waals surface area contributed by atoms with E-state index in [2.05, 4.69) is 21.3 Å². The molecule has 2 aliphatic heterocycles. The molecule has 5 amide bonds. The van der Waals surface area contributed by atoms with Gasteiger partial charge in [0.05, 0.1) is 19.1 Å². The molecule has 0 radical (unpaired) electrons. The molecule has 37 heavy (non-hydrogen) atoms. The zero-order chi connectivity index (χ0) is 27.1. The molecule has 2 heterocycles. The molecule has 0 bridgehead atoms. The quantitative estimate of drug-likeness (QED) is 0.372. The minimum atomic E-state index is -1.32. The average Bonchev–Trinajstić information content (AvgIpc) is 3.29. The largest absolute Gasteiger partial charge is 0.394 e. The van der Waals surface area contributed by atoms with Crippen LogP contribution in [0.1, 0.15) is 51.1 Å². The summed E-state index contributed by atoms with van der Waals surface area (Å²) in [4.78, 5) is 66.5. The van der Waals surface area contributed by atoms with Gasteiger partial charge in [0.1, 0.15) is 24.2 Å². The number of halogens is 1. The summed E-state index contributed by atoms with van der Waals surface area (Å²) >= 11 is 6.17. The maximum atomic E-state index is 13.3. The van der Waals surface area contributed by atoms with Crippen molar-refractivity contribution in [3.8, 4) is 0 Å². The third kappa shape index (κ3) is 6.86. The van der Waals surface area contributed by atoms with Gasteiger partial charge >= 0.3 is 0 Å². The van der Waals surface area contributed by atoms with Crippen LogP contribution in [0, 0.1) is 0 Å². The fourth-order valence-corrected chi connectivity index (χ4v) is 4.52. The Balaban J connectivity index is 1.98. The molecule has 0 aromatic heterocycles. The lowest BCUT2D eigenvalue weighted by Crippen LogP contribution is -2.58. The van der Waals surface area contributed by atoms with Gasteiger partial charge in [0.2, 0.25) is 29.5 Å². The van der Waals surface area contributed by atoms with Crippen molar-refractivity contribution in [1.29, 1.82) is 0 Å². The van der Waals surface area contributed by atoms with Gasteiger partial charge in [-0.3, -0.25) is 24.0 Å². The van der Waals surface area contributed by atoms with Crippen LogP contribution < -0.4 is 21.3 Å². The highest BCUT2D eigenvalue weighted by atomic mass is 35.5. The molecular formula is C25H32ClN5O6. The maximum Gasteiger partial charge on any atom is 0.249 e. The second-order valence-electron chi connectivity index (χ2n) is 8.96. The van der Waals surface area contributed by atoms with Gasteiger partial charge in [-0.25, -0.2) is 0 Å². The number of carbonyl (C=O) groups is 5. The number of rotatable bonds is 4. The lowest BCUT2D eigenvalue weighted by Gasteiger charge is -2.30. The summed E-state index contributed by atoms with van der Waals surface area (Å²) in [5.41, 5.74) is 0.627. The Morgan fingerprint density at radius 3 is 2.08 bits per heavy atom. The van der Waals surface area contributed by atoms with E-state index in [0.29, 0.717) is 5.56 Å². The summed E-state index contributed by atoms with van der Waals surface area (Å²) in [7, 11) is 0. The lowest BCUT2D eigenvalue weighted by molar-refractivity contribution is -0.141. The molecule has 1 saturated heterocycles. The van der Waals surface area contributed by atoms with E-state index in [1.165, 1.54) is 11.1 Å². The van der Waals surface area contributed by atoms with Crippen LogP contribution in [-0.4, -0.2) is 70.3 Å². The summed E-state index contributed by atoms with van der Waals surface area (Å²) in [5, 5.41) is 20.6. The van der Waals surface area contributed by atoms with Crippen LogP contribution in [0.3, 0.4) is 0 Å². The number of nitrogens with zero attached hydrogens (tertiary/aromatic N) is 1. The smallest absolute Gasteiger partial charge is 0.249 e. The Morgan fingerprint density at radius 2 is 1.46 bits per heavy atom. The number of hydrogen-bond donors (Lipinski definition) is 5. The number of hydrogen-bond acceptors (Lipinski definition) is 6. The predicted molar refractivity (Wildman–Crippen MR) is 135 cm³/mol. The average molecular weight is 534 g/mol. The van der Waals surface area contributed by atoms with Gasteiger partial charge in [0.25, 0.3) is 0 Å². The van der Waals surface area contributed by atoms with E-state index in [-0.39, 0.29) is 30.7 Å². The SMILES string of the molecule is CCC1NC(=O)C2CC(Cl)=CN2C(=O)C(CC)NC(=O)CC(c2ccccc2)NC(=O)C(CO)NC1=O. The van der Waals surface area contributed by atoms with Crippen molar-refractivity contribution in [2.24, 2.45) is 0 Å². The molecule has 1 aromatic rings. The second kappa shape index (κ2) is 12.7. The summed E-state index contributed by atoms with van der Waals surface area (Å²) < 4.78 is 0. The summed E-state index contributed by atoms with van der Waals surface area (Å²) in [5.74, 6) is -3.01. The standard InChI is InChI=1S/C25H32ClN5O6/c1-3-16-22(34)30-19(13-32)23(35)29-18(14-8-6-5-7-9-14)11-21(33)27-17(4-2)25(37)31-12-15(26)10-20(31)24(36)28-16/h5-9,12,16-20,32H,3-4,10-11,13H2,1-2H3,(H,27,33)(H,28,36)(H,29,35)(H,30,34). The Bertz CT molecular complexity index is 1060. The van der Waals surface area contributed by atoms with E-state index in [0.717, 1.165) is 0 Å². The number of benzene rings is 1. The van der Waals surface area contributed by atoms with Gasteiger partial charge in [0.15, 0.2) is 0 Å². The van der Waals surface area contributed by atoms with E-state index in [9.17, 15) is 29.1 Å². The Labute approximate surface area is 220 Å². The predicted octanol–water partition coefficient (Wildman–Crippen LogP) is 0.195. The summed E-state index contributed by atoms with van der Waals surface area (Å²) in [6, 6.07) is 3.66. The van der Waals surface area contributed by atoms with E-state index >= 15 is 0 Å². The summed E-state index contributed by atoms with van der Waals surface area (Å²) in [6.07, 6.45) is 1.65. The molecule has 5 atom stereocenters. The number of aliphatic hydroxyl groups is 1. The number of carbonyl (C=O) groups excluding carboxylic acids is 5. The zero-order valence-corrected chi connectivity index (χ0v) is 21.5. The number of amides is 5. The molecule has 200 valence electrons. The van der Waals surface area contributed by atoms with Crippen molar-refractivity contribution in [2.45, 2.75) is 69.7 Å². The molecule has 0 saturated carbocycles. The van der Waals surface area contributed by atoms with Crippen molar-refractivity contribution in [1.82, 2.24) is 26.2 Å². The third-order valence-electron chi connectivity index (χ3n) is 6.37. The molecular weight excluding hydrogens is 502 g/mol. The Hall–Kier alpha value is -3.44. The first-order valence-electron chi connectivity index (χ1n) is 12.2. The van der Waals surface area contributed by atoms with E-state index in [1.807, 2.05) is 0 Å². The van der Waals surface area contributed by atoms with E-state index < -0.39 is 66.4 Å². The normalized spacial score (nSPS) is 28.0. The number of fused-ring (bicyclic) bond motifs is 1. The first-order valence-corrected chi connectivity index (χ1v) is 12.6. The first kappa shape index (κ1) is 28.1. The third-order valence-corrected chi connectivity index (χ3v) is 6.62. The topological polar surface area (TPSA) is 157 Å². The van der Waals surface area contributed by atoms with Crippen molar-refractivity contribution >= 4 is 41.1 Å². The highest BCUT2D eigenvalue weighted by molar-refractivity contribution is 6.30. The van der Waals surface area contributed by atoms with Crippen LogP contribution in [-0.2, 0) is 24.0 Å². The monoisotopic (exact) mass is 533 g/mol. The molecule has 12 heteroatoms. The highest BCUT2D eigenvalue weighted by Gasteiger charge is 2.39. The minimum Gasteiger partial charge on any atom is -0.394 e. The Morgan fingerprint density at radius 1 is 0.838 bits per heavy atom. The van der Waals surface area contributed by atoms with Crippen LogP contribution in [0.15, 0.2) is 41.6 Å². The minimum absolute atomic E-state index is 0.0549. The van der Waals surface area contributed by atoms with Crippen LogP contribution in [0.25, 0.3) is 0 Å². The van der Waals surface area contributed by atoms with E-state index in [4.69, 9.17) is 11.6 Å².